The van der Waals surface area contributed by atoms with E-state index in [1.165, 1.54) is 0 Å². The van der Waals surface area contributed by atoms with Crippen LogP contribution in [0.3, 0.4) is 0 Å². The van der Waals surface area contributed by atoms with E-state index in [0.29, 0.717) is 23.8 Å². The van der Waals surface area contributed by atoms with E-state index in [-0.39, 0.29) is 11.8 Å². The van der Waals surface area contributed by atoms with Gasteiger partial charge >= 0.3 is 0 Å². The lowest BCUT2D eigenvalue weighted by Crippen LogP contribution is -2.35. The van der Waals surface area contributed by atoms with E-state index >= 15 is 0 Å². The van der Waals surface area contributed by atoms with Crippen LogP contribution in [0.15, 0.2) is 72.8 Å². The van der Waals surface area contributed by atoms with Gasteiger partial charge in [0.2, 0.25) is 0 Å². The topological polar surface area (TPSA) is 41.8 Å². The van der Waals surface area contributed by atoms with E-state index in [1.807, 2.05) is 36.4 Å². The molecule has 0 bridgehead atoms. The summed E-state index contributed by atoms with van der Waals surface area (Å²) < 4.78 is 11.1. The van der Waals surface area contributed by atoms with Gasteiger partial charge in [-0.05, 0) is 54.6 Å². The summed E-state index contributed by atoms with van der Waals surface area (Å²) in [6.07, 6.45) is 0. The number of ketones is 1. The number of hydrogen-bond donors (Lipinski definition) is 0. The van der Waals surface area contributed by atoms with Crippen LogP contribution in [0.5, 0.6) is 11.5 Å². The molecule has 5 nitrogen and oxygen atoms in total. The fourth-order valence-corrected chi connectivity index (χ4v) is 4.89. The van der Waals surface area contributed by atoms with Crippen molar-refractivity contribution in [2.75, 3.05) is 32.3 Å². The number of anilines is 1. The molecule has 2 aliphatic rings. The summed E-state index contributed by atoms with van der Waals surface area (Å²) in [6, 6.07) is 23.0. The number of ether oxygens (including phenoxy) is 2. The van der Waals surface area contributed by atoms with E-state index in [0.717, 1.165) is 22.7 Å². The summed E-state index contributed by atoms with van der Waals surface area (Å²) in [5, 5.41) is 0.616. The maximum absolute atomic E-state index is 13.9. The standard InChI is InChI=1S/C25H23ClN2O3/c1-30-20-12-13-22(31-2)21(14-20)23-25(24(29)17-8-10-18(26)11-9-17)15-27(16-28(23)25)19-6-4-3-5-7-19/h3-14,23H,15-16H2,1-2H3/t23-,25-,28?/m0/s1. The van der Waals surface area contributed by atoms with Crippen molar-refractivity contribution in [2.24, 2.45) is 0 Å². The number of carbonyl (C=O) groups is 1. The lowest BCUT2D eigenvalue weighted by molar-refractivity contribution is 0.0933. The zero-order valence-corrected chi connectivity index (χ0v) is 18.2. The smallest absolute Gasteiger partial charge is 0.186 e. The number of para-hydroxylation sites is 1. The number of fused-ring (bicyclic) bond motifs is 1. The fourth-order valence-electron chi connectivity index (χ4n) is 4.77. The Balaban J connectivity index is 1.56. The highest BCUT2D eigenvalue weighted by Gasteiger charge is 2.72. The van der Waals surface area contributed by atoms with Crippen LogP contribution in [0.1, 0.15) is 22.0 Å². The van der Waals surface area contributed by atoms with Gasteiger partial charge in [-0.1, -0.05) is 29.8 Å². The van der Waals surface area contributed by atoms with Crippen molar-refractivity contribution in [3.05, 3.63) is 88.9 Å². The first-order valence-corrected chi connectivity index (χ1v) is 10.6. The number of nitrogens with zero attached hydrogens (tertiary/aromatic N) is 2. The number of benzene rings is 3. The van der Waals surface area contributed by atoms with Gasteiger partial charge in [-0.3, -0.25) is 9.69 Å². The number of methoxy groups -OCH3 is 2. The quantitative estimate of drug-likeness (QED) is 0.411. The van der Waals surface area contributed by atoms with E-state index in [2.05, 4.69) is 21.9 Å². The Labute approximate surface area is 186 Å². The minimum atomic E-state index is -0.663. The second kappa shape index (κ2) is 7.59. The highest BCUT2D eigenvalue weighted by Crippen LogP contribution is 2.61. The molecule has 0 saturated carbocycles. The van der Waals surface area contributed by atoms with Gasteiger partial charge in [0.15, 0.2) is 5.78 Å². The third-order valence-electron chi connectivity index (χ3n) is 6.32. The van der Waals surface area contributed by atoms with Gasteiger partial charge in [0.1, 0.15) is 17.0 Å². The monoisotopic (exact) mass is 434 g/mol. The normalized spacial score (nSPS) is 23.9. The van der Waals surface area contributed by atoms with Crippen molar-refractivity contribution in [2.45, 2.75) is 11.6 Å². The molecule has 3 atom stereocenters. The van der Waals surface area contributed by atoms with Gasteiger partial charge in [-0.2, -0.15) is 0 Å². The van der Waals surface area contributed by atoms with Gasteiger partial charge in [-0.15, -0.1) is 0 Å². The van der Waals surface area contributed by atoms with Gasteiger partial charge < -0.3 is 14.4 Å². The predicted molar refractivity (Wildman–Crippen MR) is 121 cm³/mol. The third-order valence-corrected chi connectivity index (χ3v) is 6.57. The molecule has 0 spiro atoms. The third kappa shape index (κ3) is 3.16. The Morgan fingerprint density at radius 3 is 2.42 bits per heavy atom. The van der Waals surface area contributed by atoms with Crippen LogP contribution in [0.2, 0.25) is 5.02 Å². The van der Waals surface area contributed by atoms with E-state index < -0.39 is 5.54 Å². The Hall–Kier alpha value is -3.02. The van der Waals surface area contributed by atoms with Crippen LogP contribution in [0.4, 0.5) is 5.69 Å². The summed E-state index contributed by atoms with van der Waals surface area (Å²) in [4.78, 5) is 18.3. The van der Waals surface area contributed by atoms with Crippen LogP contribution < -0.4 is 14.4 Å². The summed E-state index contributed by atoms with van der Waals surface area (Å²) in [6.45, 7) is 1.26. The van der Waals surface area contributed by atoms with Gasteiger partial charge in [0, 0.05) is 28.4 Å². The predicted octanol–water partition coefficient (Wildman–Crippen LogP) is 4.81. The molecule has 0 N–H and O–H groups in total. The maximum Gasteiger partial charge on any atom is 0.186 e. The molecule has 3 aromatic carbocycles. The fraction of sp³-hybridized carbons (Fsp3) is 0.240. The van der Waals surface area contributed by atoms with Crippen LogP contribution >= 0.6 is 11.6 Å². The molecular formula is C25H23ClN2O3. The largest absolute Gasteiger partial charge is 0.497 e. The van der Waals surface area contributed by atoms with Crippen LogP contribution in [0, 0.1) is 0 Å². The van der Waals surface area contributed by atoms with Crippen molar-refractivity contribution < 1.29 is 14.3 Å². The van der Waals surface area contributed by atoms with Gasteiger partial charge in [0.05, 0.1) is 26.9 Å². The average Bonchev–Trinajstić information content (AvgIpc) is 3.27. The van der Waals surface area contributed by atoms with Gasteiger partial charge in [0.25, 0.3) is 0 Å². The molecule has 0 amide bonds. The molecule has 2 heterocycles. The molecule has 2 fully saturated rings. The van der Waals surface area contributed by atoms with E-state index in [1.54, 1.807) is 38.5 Å². The first-order valence-electron chi connectivity index (χ1n) is 10.2. The Morgan fingerprint density at radius 1 is 1.00 bits per heavy atom. The number of carbonyl (C=O) groups excluding carboxylic acids is 1. The van der Waals surface area contributed by atoms with Crippen LogP contribution in [0.25, 0.3) is 0 Å². The van der Waals surface area contributed by atoms with Gasteiger partial charge in [-0.25, -0.2) is 0 Å². The number of hydrogen-bond acceptors (Lipinski definition) is 5. The lowest BCUT2D eigenvalue weighted by atomic mass is 9.90. The Kier molecular flexibility index (Phi) is 4.88. The van der Waals surface area contributed by atoms with Crippen molar-refractivity contribution in [3.8, 4) is 11.5 Å². The summed E-state index contributed by atoms with van der Waals surface area (Å²) in [5.74, 6) is 1.60. The van der Waals surface area contributed by atoms with E-state index in [9.17, 15) is 4.79 Å². The molecule has 2 saturated heterocycles. The zero-order valence-electron chi connectivity index (χ0n) is 17.4. The lowest BCUT2D eigenvalue weighted by Gasteiger charge is -2.24. The summed E-state index contributed by atoms with van der Waals surface area (Å²) in [7, 11) is 3.30. The molecule has 0 aliphatic carbocycles. The van der Waals surface area contributed by atoms with Crippen LogP contribution in [-0.4, -0.2) is 43.7 Å². The van der Waals surface area contributed by atoms with Crippen molar-refractivity contribution in [1.82, 2.24) is 4.90 Å². The molecule has 158 valence electrons. The molecular weight excluding hydrogens is 412 g/mol. The molecule has 0 radical (unpaired) electrons. The Bertz CT molecular complexity index is 1120. The number of halogens is 1. The van der Waals surface area contributed by atoms with Crippen molar-refractivity contribution in [3.63, 3.8) is 0 Å². The van der Waals surface area contributed by atoms with Crippen molar-refractivity contribution in [1.29, 1.82) is 0 Å². The molecule has 5 rings (SSSR count). The summed E-state index contributed by atoms with van der Waals surface area (Å²) >= 11 is 6.06. The highest BCUT2D eigenvalue weighted by molar-refractivity contribution is 6.30. The maximum atomic E-state index is 13.9. The minimum absolute atomic E-state index is 0.0827. The second-order valence-electron chi connectivity index (χ2n) is 7.92. The molecule has 31 heavy (non-hydrogen) atoms. The Morgan fingerprint density at radius 2 is 1.74 bits per heavy atom. The number of rotatable bonds is 6. The second-order valence-corrected chi connectivity index (χ2v) is 8.35. The van der Waals surface area contributed by atoms with Crippen molar-refractivity contribution >= 4 is 23.1 Å². The summed E-state index contributed by atoms with van der Waals surface area (Å²) in [5.41, 5.74) is 2.07. The SMILES string of the molecule is COc1ccc(OC)c([C@@H]2N3CN(c4ccccc4)C[C@@]23C(=O)c2ccc(Cl)cc2)c1. The van der Waals surface area contributed by atoms with Crippen LogP contribution in [-0.2, 0) is 0 Å². The number of Topliss-reactive ketones (excluding diaryl/α,β-unsaturated/α-hetero) is 1. The molecule has 1 unspecified atom stereocenters. The first-order chi connectivity index (χ1) is 15.1. The molecule has 0 aromatic heterocycles. The molecule has 2 aliphatic heterocycles. The molecule has 6 heteroatoms. The van der Waals surface area contributed by atoms with E-state index in [4.69, 9.17) is 21.1 Å². The average molecular weight is 435 g/mol. The zero-order chi connectivity index (χ0) is 21.6. The first kappa shape index (κ1) is 19.9. The molecule has 3 aromatic rings. The highest BCUT2D eigenvalue weighted by atomic mass is 35.5. The minimum Gasteiger partial charge on any atom is -0.497 e.